The second-order valence-corrected chi connectivity index (χ2v) is 7.84. The summed E-state index contributed by atoms with van der Waals surface area (Å²) in [6.45, 7) is 1.65. The van der Waals surface area contributed by atoms with Gasteiger partial charge in [0.2, 0.25) is 10.0 Å². The van der Waals surface area contributed by atoms with Gasteiger partial charge in [-0.15, -0.1) is 0 Å². The van der Waals surface area contributed by atoms with E-state index in [-0.39, 0.29) is 28.3 Å². The lowest BCUT2D eigenvalue weighted by atomic mass is 10.2. The molecule has 0 saturated carbocycles. The molecule has 0 unspecified atom stereocenters. The molecule has 8 nitrogen and oxygen atoms in total. The van der Waals surface area contributed by atoms with Crippen molar-refractivity contribution in [3.05, 3.63) is 64.8 Å². The lowest BCUT2D eigenvalue weighted by Gasteiger charge is -2.08. The van der Waals surface area contributed by atoms with Gasteiger partial charge in [0.05, 0.1) is 12.0 Å². The summed E-state index contributed by atoms with van der Waals surface area (Å²) >= 11 is 6.03. The Labute approximate surface area is 161 Å². The van der Waals surface area contributed by atoms with Crippen LogP contribution in [0.15, 0.2) is 52.0 Å². The fourth-order valence-electron chi connectivity index (χ4n) is 2.47. The summed E-state index contributed by atoms with van der Waals surface area (Å²) in [5, 5.41) is 6.75. The molecular weight excluding hydrogens is 392 g/mol. The van der Waals surface area contributed by atoms with E-state index in [1.807, 2.05) is 0 Å². The molecule has 0 aliphatic heterocycles. The van der Waals surface area contributed by atoms with Crippen molar-refractivity contribution in [3.63, 3.8) is 0 Å². The van der Waals surface area contributed by atoms with Crippen molar-refractivity contribution in [1.82, 2.24) is 14.5 Å². The van der Waals surface area contributed by atoms with Crippen molar-refractivity contribution in [2.45, 2.75) is 18.4 Å². The quantitative estimate of drug-likeness (QED) is 0.652. The van der Waals surface area contributed by atoms with Gasteiger partial charge >= 0.3 is 0 Å². The van der Waals surface area contributed by atoms with E-state index < -0.39 is 10.0 Å². The number of carbonyl (C=O) groups is 1. The number of anilines is 1. The largest absolute Gasteiger partial charge is 0.459 e. The number of hydrogen-bond acceptors (Lipinski definition) is 5. The smallest absolute Gasteiger partial charge is 0.291 e. The number of nitrogens with one attached hydrogen (secondary N) is 2. The fraction of sp³-hybridized carbons (Fsp3) is 0.176. The first-order valence-electron chi connectivity index (χ1n) is 7.90. The molecule has 27 heavy (non-hydrogen) atoms. The first kappa shape index (κ1) is 19.2. The van der Waals surface area contributed by atoms with Crippen LogP contribution >= 0.6 is 11.6 Å². The molecule has 2 aromatic heterocycles. The molecule has 142 valence electrons. The van der Waals surface area contributed by atoms with Gasteiger partial charge in [-0.05, 0) is 36.8 Å². The molecule has 0 aliphatic rings. The second kappa shape index (κ2) is 7.55. The SMILES string of the molecule is Cc1nn(C)c(Cl)c1S(=O)(=O)NCc1ccc(NC(=O)c2ccco2)cc1. The molecule has 0 spiro atoms. The number of sulfonamides is 1. The maximum absolute atomic E-state index is 12.5. The average molecular weight is 409 g/mol. The number of nitrogens with zero attached hydrogens (tertiary/aromatic N) is 2. The Kier molecular flexibility index (Phi) is 5.36. The second-order valence-electron chi connectivity index (χ2n) is 5.78. The van der Waals surface area contributed by atoms with Crippen LogP contribution in [0, 0.1) is 6.92 Å². The number of hydrogen-bond donors (Lipinski definition) is 2. The van der Waals surface area contributed by atoms with Gasteiger partial charge in [-0.25, -0.2) is 13.1 Å². The normalized spacial score (nSPS) is 11.5. The summed E-state index contributed by atoms with van der Waals surface area (Å²) in [6.07, 6.45) is 1.42. The summed E-state index contributed by atoms with van der Waals surface area (Å²) < 4.78 is 33.8. The van der Waals surface area contributed by atoms with E-state index in [0.717, 1.165) is 0 Å². The van der Waals surface area contributed by atoms with Crippen LogP contribution in [0.4, 0.5) is 5.69 Å². The Hall–Kier alpha value is -2.62. The van der Waals surface area contributed by atoms with Gasteiger partial charge in [0.25, 0.3) is 5.91 Å². The highest BCUT2D eigenvalue weighted by molar-refractivity contribution is 7.89. The Morgan fingerprint density at radius 3 is 2.52 bits per heavy atom. The Bertz CT molecular complexity index is 1060. The number of amides is 1. The van der Waals surface area contributed by atoms with Gasteiger partial charge in [0.15, 0.2) is 5.76 Å². The number of aryl methyl sites for hydroxylation is 2. The minimum absolute atomic E-state index is 0.0333. The number of rotatable bonds is 6. The standard InChI is InChI=1S/C17H17ClN4O4S/c1-11-15(16(18)22(2)21-11)27(24,25)19-10-12-5-7-13(8-6-12)20-17(23)14-4-3-9-26-14/h3-9,19H,10H2,1-2H3,(H,20,23). The molecule has 2 N–H and O–H groups in total. The van der Waals surface area contributed by atoms with Crippen molar-refractivity contribution in [2.24, 2.45) is 7.05 Å². The van der Waals surface area contributed by atoms with Crippen LogP contribution in [0.25, 0.3) is 0 Å². The average Bonchev–Trinajstić information content (AvgIpc) is 3.23. The van der Waals surface area contributed by atoms with E-state index in [1.165, 1.54) is 10.9 Å². The lowest BCUT2D eigenvalue weighted by molar-refractivity contribution is 0.0996. The first-order chi connectivity index (χ1) is 12.8. The van der Waals surface area contributed by atoms with Crippen LogP contribution in [-0.2, 0) is 23.6 Å². The monoisotopic (exact) mass is 408 g/mol. The molecule has 0 radical (unpaired) electrons. The first-order valence-corrected chi connectivity index (χ1v) is 9.76. The summed E-state index contributed by atoms with van der Waals surface area (Å²) in [5.41, 5.74) is 1.60. The molecule has 0 bridgehead atoms. The molecular formula is C17H17ClN4O4S. The van der Waals surface area contributed by atoms with Crippen LogP contribution in [0.3, 0.4) is 0 Å². The predicted octanol–water partition coefficient (Wildman–Crippen LogP) is 2.71. The molecule has 1 aromatic carbocycles. The maximum atomic E-state index is 12.5. The van der Waals surface area contributed by atoms with Crippen LogP contribution in [0.5, 0.6) is 0 Å². The topological polar surface area (TPSA) is 106 Å². The number of benzene rings is 1. The van der Waals surface area contributed by atoms with Crippen molar-refractivity contribution in [2.75, 3.05) is 5.32 Å². The molecule has 3 aromatic rings. The van der Waals surface area contributed by atoms with E-state index in [0.29, 0.717) is 16.9 Å². The Morgan fingerprint density at radius 2 is 1.96 bits per heavy atom. The zero-order valence-electron chi connectivity index (χ0n) is 14.6. The molecule has 0 saturated heterocycles. The van der Waals surface area contributed by atoms with Gasteiger partial charge in [0.1, 0.15) is 10.0 Å². The Morgan fingerprint density at radius 1 is 1.26 bits per heavy atom. The van der Waals surface area contributed by atoms with E-state index >= 15 is 0 Å². The predicted molar refractivity (Wildman–Crippen MR) is 100 cm³/mol. The summed E-state index contributed by atoms with van der Waals surface area (Å²) in [5.74, 6) is -0.161. The van der Waals surface area contributed by atoms with Crippen LogP contribution in [0.1, 0.15) is 21.8 Å². The van der Waals surface area contributed by atoms with E-state index in [2.05, 4.69) is 15.1 Å². The summed E-state index contributed by atoms with van der Waals surface area (Å²) in [6, 6.07) is 9.94. The fourth-order valence-corrected chi connectivity index (χ4v) is 4.24. The van der Waals surface area contributed by atoms with Gasteiger partial charge in [-0.3, -0.25) is 9.48 Å². The number of halogens is 1. The number of carbonyl (C=O) groups excluding carboxylic acids is 1. The van der Waals surface area contributed by atoms with Crippen molar-refractivity contribution >= 4 is 33.2 Å². The molecule has 0 atom stereocenters. The zero-order chi connectivity index (χ0) is 19.6. The van der Waals surface area contributed by atoms with Crippen LogP contribution in [-0.4, -0.2) is 24.1 Å². The van der Waals surface area contributed by atoms with Crippen molar-refractivity contribution in [1.29, 1.82) is 0 Å². The Balaban J connectivity index is 1.65. The third-order valence-electron chi connectivity index (χ3n) is 3.79. The van der Waals surface area contributed by atoms with Gasteiger partial charge in [-0.1, -0.05) is 23.7 Å². The van der Waals surface area contributed by atoms with E-state index in [9.17, 15) is 13.2 Å². The molecule has 0 fully saturated rings. The molecule has 2 heterocycles. The molecule has 1 amide bonds. The highest BCUT2D eigenvalue weighted by atomic mass is 35.5. The van der Waals surface area contributed by atoms with E-state index in [4.69, 9.17) is 16.0 Å². The summed E-state index contributed by atoms with van der Waals surface area (Å²) in [4.78, 5) is 11.9. The number of aromatic nitrogens is 2. The van der Waals surface area contributed by atoms with Crippen LogP contribution in [0.2, 0.25) is 5.15 Å². The van der Waals surface area contributed by atoms with Gasteiger partial charge < -0.3 is 9.73 Å². The number of furan rings is 1. The zero-order valence-corrected chi connectivity index (χ0v) is 16.1. The third-order valence-corrected chi connectivity index (χ3v) is 5.89. The third kappa shape index (κ3) is 4.21. The minimum Gasteiger partial charge on any atom is -0.459 e. The summed E-state index contributed by atoms with van der Waals surface area (Å²) in [7, 11) is -2.23. The van der Waals surface area contributed by atoms with Crippen molar-refractivity contribution in [3.8, 4) is 0 Å². The molecule has 0 aliphatic carbocycles. The highest BCUT2D eigenvalue weighted by Crippen LogP contribution is 2.24. The lowest BCUT2D eigenvalue weighted by Crippen LogP contribution is -2.24. The van der Waals surface area contributed by atoms with Crippen molar-refractivity contribution < 1.29 is 17.6 Å². The highest BCUT2D eigenvalue weighted by Gasteiger charge is 2.24. The molecule has 10 heteroatoms. The van der Waals surface area contributed by atoms with E-state index in [1.54, 1.807) is 50.4 Å². The maximum Gasteiger partial charge on any atom is 0.291 e. The minimum atomic E-state index is -3.81. The van der Waals surface area contributed by atoms with Crippen LogP contribution < -0.4 is 10.0 Å². The van der Waals surface area contributed by atoms with Gasteiger partial charge in [-0.2, -0.15) is 5.10 Å². The van der Waals surface area contributed by atoms with Gasteiger partial charge in [0, 0.05) is 19.3 Å². The molecule has 3 rings (SSSR count).